The predicted molar refractivity (Wildman–Crippen MR) is 99.0 cm³/mol. The number of likely N-dealkylation sites (tertiary alicyclic amines) is 1. The average Bonchev–Trinajstić information content (AvgIpc) is 3.02. The van der Waals surface area contributed by atoms with Gasteiger partial charge < -0.3 is 15.0 Å². The maximum atomic E-state index is 12.4. The Morgan fingerprint density at radius 1 is 1.32 bits per heavy atom. The van der Waals surface area contributed by atoms with Crippen LogP contribution in [0.15, 0.2) is 24.3 Å². The number of hydrogen-bond donors (Lipinski definition) is 1. The van der Waals surface area contributed by atoms with Gasteiger partial charge >= 0.3 is 6.09 Å². The molecule has 1 fully saturated rings. The van der Waals surface area contributed by atoms with Gasteiger partial charge in [-0.25, -0.2) is 4.79 Å². The van der Waals surface area contributed by atoms with Crippen LogP contribution in [-0.2, 0) is 4.74 Å². The number of amides is 1. The van der Waals surface area contributed by atoms with Crippen LogP contribution in [0, 0.1) is 0 Å². The molecule has 1 amide bonds. The molecular weight excluding hydrogens is 340 g/mol. The lowest BCUT2D eigenvalue weighted by atomic mass is 10.2. The van der Waals surface area contributed by atoms with Crippen LogP contribution in [0.3, 0.4) is 0 Å². The normalized spacial score (nSPS) is 17.8. The Morgan fingerprint density at radius 3 is 2.76 bits per heavy atom. The summed E-state index contributed by atoms with van der Waals surface area (Å²) in [6.45, 7) is 6.95. The third-order valence-corrected chi connectivity index (χ3v) is 4.43. The van der Waals surface area contributed by atoms with Gasteiger partial charge in [-0.05, 0) is 33.6 Å². The highest BCUT2D eigenvalue weighted by Gasteiger charge is 2.32. The number of halogens is 1. The van der Waals surface area contributed by atoms with Crippen LogP contribution < -0.4 is 5.32 Å². The lowest BCUT2D eigenvalue weighted by Gasteiger charge is -2.28. The van der Waals surface area contributed by atoms with Crippen molar-refractivity contribution >= 4 is 34.3 Å². The van der Waals surface area contributed by atoms with Crippen LogP contribution in [-0.4, -0.2) is 45.9 Å². The number of nitrogens with zero attached hydrogens (tertiary/aromatic N) is 3. The zero-order valence-electron chi connectivity index (χ0n) is 14.8. The highest BCUT2D eigenvalue weighted by molar-refractivity contribution is 6.34. The van der Waals surface area contributed by atoms with Crippen molar-refractivity contribution in [1.29, 1.82) is 0 Å². The number of rotatable bonds is 3. The number of ether oxygens (including phenoxy) is 1. The second-order valence-corrected chi connectivity index (χ2v) is 7.59. The summed E-state index contributed by atoms with van der Waals surface area (Å²) < 4.78 is 5.50. The van der Waals surface area contributed by atoms with Crippen molar-refractivity contribution in [3.05, 3.63) is 29.4 Å². The third kappa shape index (κ3) is 4.12. The summed E-state index contributed by atoms with van der Waals surface area (Å²) in [5, 5.41) is 13.7. The van der Waals surface area contributed by atoms with E-state index < -0.39 is 5.60 Å². The summed E-state index contributed by atoms with van der Waals surface area (Å²) in [5.74, 6) is 0.677. The molecule has 1 aliphatic heterocycles. The molecule has 1 aromatic carbocycles. The fraction of sp³-hybridized carbons (Fsp3) is 0.500. The lowest BCUT2D eigenvalue weighted by Crippen LogP contribution is -2.42. The van der Waals surface area contributed by atoms with Crippen LogP contribution >= 0.6 is 11.6 Å². The molecule has 1 atom stereocenters. The van der Waals surface area contributed by atoms with Crippen LogP contribution in [0.5, 0.6) is 0 Å². The molecule has 0 saturated carbocycles. The Hall–Kier alpha value is -2.08. The molecule has 0 aliphatic carbocycles. The summed E-state index contributed by atoms with van der Waals surface area (Å²) in [7, 11) is 0. The van der Waals surface area contributed by atoms with Crippen LogP contribution in [0.4, 0.5) is 10.6 Å². The molecule has 2 heterocycles. The van der Waals surface area contributed by atoms with Gasteiger partial charge in [0.15, 0.2) is 11.0 Å². The van der Waals surface area contributed by atoms with Gasteiger partial charge in [0.2, 0.25) is 0 Å². The molecule has 7 heteroatoms. The van der Waals surface area contributed by atoms with Gasteiger partial charge in [-0.3, -0.25) is 0 Å². The van der Waals surface area contributed by atoms with Crippen molar-refractivity contribution in [2.75, 3.05) is 18.4 Å². The molecule has 2 aromatic rings. The minimum absolute atomic E-state index is 0.0751. The Kier molecular flexibility index (Phi) is 4.99. The number of hydrogen-bond acceptors (Lipinski definition) is 5. The second kappa shape index (κ2) is 7.04. The van der Waals surface area contributed by atoms with E-state index in [2.05, 4.69) is 15.5 Å². The van der Waals surface area contributed by atoms with E-state index >= 15 is 0 Å². The monoisotopic (exact) mass is 362 g/mol. The van der Waals surface area contributed by atoms with Crippen molar-refractivity contribution in [3.8, 4) is 0 Å². The number of carbonyl (C=O) groups is 1. The van der Waals surface area contributed by atoms with Crippen LogP contribution in [0.1, 0.15) is 33.6 Å². The molecule has 3 rings (SSSR count). The minimum atomic E-state index is -0.491. The topological polar surface area (TPSA) is 67.3 Å². The van der Waals surface area contributed by atoms with Gasteiger partial charge in [0.25, 0.3) is 0 Å². The zero-order valence-corrected chi connectivity index (χ0v) is 15.5. The first kappa shape index (κ1) is 17.7. The molecular formula is C18H23ClN4O2. The number of fused-ring (bicyclic) bond motifs is 1. The molecule has 0 bridgehead atoms. The van der Waals surface area contributed by atoms with E-state index in [0.29, 0.717) is 24.1 Å². The van der Waals surface area contributed by atoms with Gasteiger partial charge in [-0.1, -0.05) is 35.9 Å². The molecule has 25 heavy (non-hydrogen) atoms. The third-order valence-electron chi connectivity index (χ3n) is 4.15. The number of benzene rings is 1. The Bertz CT molecular complexity index is 775. The molecule has 1 aromatic heterocycles. The van der Waals surface area contributed by atoms with Crippen molar-refractivity contribution in [2.24, 2.45) is 0 Å². The summed E-state index contributed by atoms with van der Waals surface area (Å²) in [5.41, 5.74) is -0.491. The van der Waals surface area contributed by atoms with Crippen LogP contribution in [0.2, 0.25) is 5.15 Å². The summed E-state index contributed by atoms with van der Waals surface area (Å²) in [6.07, 6.45) is 1.65. The van der Waals surface area contributed by atoms with E-state index in [-0.39, 0.29) is 12.1 Å². The molecule has 134 valence electrons. The van der Waals surface area contributed by atoms with Crippen LogP contribution in [0.25, 0.3) is 10.8 Å². The average molecular weight is 363 g/mol. The number of anilines is 1. The number of carbonyl (C=O) groups excluding carboxylic acids is 1. The maximum absolute atomic E-state index is 12.4. The summed E-state index contributed by atoms with van der Waals surface area (Å²) >= 11 is 6.11. The first-order valence-electron chi connectivity index (χ1n) is 8.49. The Balaban J connectivity index is 1.71. The van der Waals surface area contributed by atoms with Crippen molar-refractivity contribution in [1.82, 2.24) is 15.1 Å². The zero-order chi connectivity index (χ0) is 18.0. The molecule has 1 saturated heterocycles. The fourth-order valence-electron chi connectivity index (χ4n) is 3.03. The first-order chi connectivity index (χ1) is 11.8. The Labute approximate surface area is 152 Å². The van der Waals surface area contributed by atoms with E-state index in [9.17, 15) is 4.79 Å². The molecule has 1 unspecified atom stereocenters. The van der Waals surface area contributed by atoms with E-state index in [4.69, 9.17) is 16.3 Å². The summed E-state index contributed by atoms with van der Waals surface area (Å²) in [4.78, 5) is 14.2. The molecule has 6 nitrogen and oxygen atoms in total. The minimum Gasteiger partial charge on any atom is -0.444 e. The standard InChI is InChI=1S/C18H23ClN4O2/c1-18(2,3)25-17(24)23-10-6-7-12(23)11-20-16-14-9-5-4-8-13(14)15(19)21-22-16/h4-5,8-9,12H,6-7,10-11H2,1-3H3,(H,20,22). The fourth-order valence-corrected chi connectivity index (χ4v) is 3.23. The Morgan fingerprint density at radius 2 is 2.04 bits per heavy atom. The number of nitrogens with one attached hydrogen (secondary N) is 1. The highest BCUT2D eigenvalue weighted by Crippen LogP contribution is 2.26. The SMILES string of the molecule is CC(C)(C)OC(=O)N1CCCC1CNc1nnc(Cl)c2ccccc12. The molecule has 0 radical (unpaired) electrons. The smallest absolute Gasteiger partial charge is 0.410 e. The molecule has 1 N–H and O–H groups in total. The summed E-state index contributed by atoms with van der Waals surface area (Å²) in [6, 6.07) is 7.80. The lowest BCUT2D eigenvalue weighted by molar-refractivity contribution is 0.0235. The first-order valence-corrected chi connectivity index (χ1v) is 8.87. The van der Waals surface area contributed by atoms with Crippen molar-refractivity contribution in [2.45, 2.75) is 45.3 Å². The van der Waals surface area contributed by atoms with E-state index in [1.807, 2.05) is 45.0 Å². The van der Waals surface area contributed by atoms with Gasteiger partial charge in [-0.2, -0.15) is 0 Å². The second-order valence-electron chi connectivity index (χ2n) is 7.24. The van der Waals surface area contributed by atoms with Gasteiger partial charge in [0.1, 0.15) is 5.60 Å². The van der Waals surface area contributed by atoms with Crippen molar-refractivity contribution in [3.63, 3.8) is 0 Å². The molecule has 0 spiro atoms. The quantitative estimate of drug-likeness (QED) is 0.890. The van der Waals surface area contributed by atoms with Crippen molar-refractivity contribution < 1.29 is 9.53 Å². The van der Waals surface area contributed by atoms with Gasteiger partial charge in [0, 0.05) is 23.9 Å². The van der Waals surface area contributed by atoms with E-state index in [1.165, 1.54) is 0 Å². The molecule has 1 aliphatic rings. The van der Waals surface area contributed by atoms with E-state index in [0.717, 1.165) is 23.6 Å². The van der Waals surface area contributed by atoms with Gasteiger partial charge in [-0.15, -0.1) is 10.2 Å². The highest BCUT2D eigenvalue weighted by atomic mass is 35.5. The van der Waals surface area contributed by atoms with E-state index in [1.54, 1.807) is 4.90 Å². The largest absolute Gasteiger partial charge is 0.444 e. The van der Waals surface area contributed by atoms with Gasteiger partial charge in [0.05, 0.1) is 6.04 Å². The number of aromatic nitrogens is 2. The predicted octanol–water partition coefficient (Wildman–Crippen LogP) is 4.09. The maximum Gasteiger partial charge on any atom is 0.410 e.